The highest BCUT2D eigenvalue weighted by Crippen LogP contribution is 2.36. The molecule has 2 aromatic rings. The quantitative estimate of drug-likeness (QED) is 0.561. The van der Waals surface area contributed by atoms with Crippen LogP contribution in [0.2, 0.25) is 0 Å². The van der Waals surface area contributed by atoms with Crippen LogP contribution < -0.4 is 0 Å². The molecule has 0 radical (unpaired) electrons. The topological polar surface area (TPSA) is 0 Å². The molecule has 1 unspecified atom stereocenters. The monoisotopic (exact) mass is 394 g/mol. The Labute approximate surface area is 125 Å². The van der Waals surface area contributed by atoms with Crippen LogP contribution in [0.3, 0.4) is 0 Å². The van der Waals surface area contributed by atoms with Crippen LogP contribution in [0.15, 0.2) is 45.3 Å². The van der Waals surface area contributed by atoms with Crippen molar-refractivity contribution in [1.29, 1.82) is 0 Å². The molecule has 1 atom stereocenters. The lowest BCUT2D eigenvalue weighted by Crippen LogP contribution is -1.97. The molecule has 0 spiro atoms. The maximum Gasteiger partial charge on any atom is 0.137 e. The zero-order chi connectivity index (χ0) is 13.3. The minimum Gasteiger partial charge on any atom is -0.206 e. The Morgan fingerprint density at radius 1 is 1.00 bits per heavy atom. The molecule has 0 aliphatic rings. The molecule has 0 aliphatic heterocycles. The largest absolute Gasteiger partial charge is 0.206 e. The lowest BCUT2D eigenvalue weighted by molar-refractivity contribution is 0.617. The van der Waals surface area contributed by atoms with Gasteiger partial charge in [-0.05, 0) is 61.2 Å². The van der Waals surface area contributed by atoms with Crippen LogP contribution in [-0.2, 0) is 0 Å². The van der Waals surface area contributed by atoms with Crippen LogP contribution in [0, 0.1) is 11.6 Å². The number of rotatable bonds is 2. The summed E-state index contributed by atoms with van der Waals surface area (Å²) in [6.45, 7) is 0. The first kappa shape index (κ1) is 14.0. The van der Waals surface area contributed by atoms with E-state index in [1.54, 1.807) is 24.3 Å². The fraction of sp³-hybridized carbons (Fsp3) is 0.0769. The Balaban J connectivity index is 2.44. The first-order valence-electron chi connectivity index (χ1n) is 5.03. The molecule has 2 rings (SSSR count). The summed E-state index contributed by atoms with van der Waals surface area (Å²) < 4.78 is 27.2. The highest BCUT2D eigenvalue weighted by molar-refractivity contribution is 9.10. The Morgan fingerprint density at radius 2 is 1.72 bits per heavy atom. The summed E-state index contributed by atoms with van der Waals surface area (Å²) in [5.74, 6) is -0.736. The van der Waals surface area contributed by atoms with Gasteiger partial charge in [-0.2, -0.15) is 0 Å². The van der Waals surface area contributed by atoms with Crippen LogP contribution in [0.4, 0.5) is 8.78 Å². The third-order valence-electron chi connectivity index (χ3n) is 2.49. The van der Waals surface area contributed by atoms with Gasteiger partial charge in [-0.15, -0.1) is 11.6 Å². The second-order valence-electron chi connectivity index (χ2n) is 3.68. The average molecular weight is 396 g/mol. The van der Waals surface area contributed by atoms with Gasteiger partial charge in [0, 0.05) is 0 Å². The molecule has 0 saturated carbocycles. The van der Waals surface area contributed by atoms with Gasteiger partial charge in [0.2, 0.25) is 0 Å². The molecule has 0 amide bonds. The van der Waals surface area contributed by atoms with Gasteiger partial charge in [-0.1, -0.05) is 18.2 Å². The van der Waals surface area contributed by atoms with E-state index in [4.69, 9.17) is 11.6 Å². The van der Waals surface area contributed by atoms with E-state index in [1.807, 2.05) is 0 Å². The van der Waals surface area contributed by atoms with Gasteiger partial charge >= 0.3 is 0 Å². The highest BCUT2D eigenvalue weighted by atomic mass is 79.9. The van der Waals surface area contributed by atoms with Crippen molar-refractivity contribution in [1.82, 2.24) is 0 Å². The van der Waals surface area contributed by atoms with Crippen molar-refractivity contribution in [3.05, 3.63) is 68.1 Å². The second kappa shape index (κ2) is 5.68. The Hall–Kier alpha value is -0.450. The number of hydrogen-bond acceptors (Lipinski definition) is 0. The van der Waals surface area contributed by atoms with Crippen molar-refractivity contribution in [2.75, 3.05) is 0 Å². The first-order valence-corrected chi connectivity index (χ1v) is 7.06. The van der Waals surface area contributed by atoms with E-state index in [1.165, 1.54) is 12.1 Å². The molecule has 94 valence electrons. The summed E-state index contributed by atoms with van der Waals surface area (Å²) in [4.78, 5) is 0. The van der Waals surface area contributed by atoms with Gasteiger partial charge in [-0.25, -0.2) is 8.78 Å². The molecule has 0 N–H and O–H groups in total. The minimum atomic E-state index is -0.549. The summed E-state index contributed by atoms with van der Waals surface area (Å²) in [6.07, 6.45) is 0. The van der Waals surface area contributed by atoms with Crippen molar-refractivity contribution in [3.8, 4) is 0 Å². The van der Waals surface area contributed by atoms with E-state index in [-0.39, 0.29) is 11.6 Å². The van der Waals surface area contributed by atoms with Gasteiger partial charge < -0.3 is 0 Å². The first-order chi connectivity index (χ1) is 8.50. The molecule has 5 heteroatoms. The fourth-order valence-corrected chi connectivity index (χ4v) is 2.90. The average Bonchev–Trinajstić information content (AvgIpc) is 2.35. The maximum atomic E-state index is 13.4. The van der Waals surface area contributed by atoms with Crippen LogP contribution in [0.25, 0.3) is 0 Å². The SMILES string of the molecule is Fc1ccc(C(Cl)c2cccc(F)c2Br)cc1Br. The molecule has 0 heterocycles. The van der Waals surface area contributed by atoms with E-state index in [0.717, 1.165) is 0 Å². The van der Waals surface area contributed by atoms with Crippen LogP contribution in [-0.4, -0.2) is 0 Å². The van der Waals surface area contributed by atoms with Crippen LogP contribution >= 0.6 is 43.5 Å². The smallest absolute Gasteiger partial charge is 0.137 e. The zero-order valence-corrected chi connectivity index (χ0v) is 12.9. The predicted octanol–water partition coefficient (Wildman–Crippen LogP) is 5.82. The Morgan fingerprint density at radius 3 is 2.39 bits per heavy atom. The molecule has 18 heavy (non-hydrogen) atoms. The third-order valence-corrected chi connectivity index (χ3v) is 4.42. The van der Waals surface area contributed by atoms with E-state index < -0.39 is 5.38 Å². The maximum absolute atomic E-state index is 13.4. The number of halogens is 5. The van der Waals surface area contributed by atoms with Gasteiger partial charge in [0.05, 0.1) is 14.3 Å². The van der Waals surface area contributed by atoms with E-state index in [9.17, 15) is 8.78 Å². The summed E-state index contributed by atoms with van der Waals surface area (Å²) in [7, 11) is 0. The Kier molecular flexibility index (Phi) is 4.41. The fourth-order valence-electron chi connectivity index (χ4n) is 1.57. The Bertz CT molecular complexity index is 587. The summed E-state index contributed by atoms with van der Waals surface area (Å²) >= 11 is 12.6. The van der Waals surface area contributed by atoms with Crippen LogP contribution in [0.1, 0.15) is 16.5 Å². The molecule has 0 nitrogen and oxygen atoms in total. The van der Waals surface area contributed by atoms with Gasteiger partial charge in [0.1, 0.15) is 11.6 Å². The van der Waals surface area contributed by atoms with E-state index in [2.05, 4.69) is 31.9 Å². The van der Waals surface area contributed by atoms with Gasteiger partial charge in [0.15, 0.2) is 0 Å². The number of alkyl halides is 1. The van der Waals surface area contributed by atoms with Crippen molar-refractivity contribution in [2.24, 2.45) is 0 Å². The molecule has 0 bridgehead atoms. The second-order valence-corrected chi connectivity index (χ2v) is 5.76. The zero-order valence-electron chi connectivity index (χ0n) is 8.93. The lowest BCUT2D eigenvalue weighted by Gasteiger charge is -2.13. The van der Waals surface area contributed by atoms with E-state index >= 15 is 0 Å². The predicted molar refractivity (Wildman–Crippen MR) is 75.9 cm³/mol. The summed E-state index contributed by atoms with van der Waals surface area (Å²) in [5, 5.41) is -0.549. The normalized spacial score (nSPS) is 12.5. The molecule has 2 aromatic carbocycles. The standard InChI is InChI=1S/C13H7Br2ClF2/c14-9-6-7(4-5-10(9)17)13(16)8-2-1-3-11(18)12(8)15/h1-6,13H. The van der Waals surface area contributed by atoms with Crippen molar-refractivity contribution < 1.29 is 8.78 Å². The van der Waals surface area contributed by atoms with Gasteiger partial charge in [0.25, 0.3) is 0 Å². The molecular weight excluding hydrogens is 389 g/mol. The van der Waals surface area contributed by atoms with Crippen molar-refractivity contribution in [3.63, 3.8) is 0 Å². The molecule has 0 aliphatic carbocycles. The highest BCUT2D eigenvalue weighted by Gasteiger charge is 2.17. The van der Waals surface area contributed by atoms with Crippen molar-refractivity contribution >= 4 is 43.5 Å². The lowest BCUT2D eigenvalue weighted by atomic mass is 10.0. The van der Waals surface area contributed by atoms with Gasteiger partial charge in [-0.3, -0.25) is 0 Å². The molecule has 0 aromatic heterocycles. The van der Waals surface area contributed by atoms with Crippen LogP contribution in [0.5, 0.6) is 0 Å². The van der Waals surface area contributed by atoms with E-state index in [0.29, 0.717) is 20.1 Å². The minimum absolute atomic E-state index is 0.324. The summed E-state index contributed by atoms with van der Waals surface area (Å²) in [6, 6.07) is 9.14. The number of hydrogen-bond donors (Lipinski definition) is 0. The molecular formula is C13H7Br2ClF2. The molecule has 0 fully saturated rings. The third kappa shape index (κ3) is 2.76. The van der Waals surface area contributed by atoms with Crippen molar-refractivity contribution in [2.45, 2.75) is 5.38 Å². The summed E-state index contributed by atoms with van der Waals surface area (Å²) in [5.41, 5.74) is 1.30. The molecule has 0 saturated heterocycles. The number of benzene rings is 2.